The second kappa shape index (κ2) is 6.02. The van der Waals surface area contributed by atoms with Crippen molar-refractivity contribution in [2.45, 2.75) is 26.1 Å². The minimum Gasteiger partial charge on any atom is -0.480 e. The molecule has 17 heavy (non-hydrogen) atoms. The average Bonchev–Trinajstić information content (AvgIpc) is 2.27. The molecule has 0 saturated heterocycles. The Morgan fingerprint density at radius 1 is 1.47 bits per heavy atom. The van der Waals surface area contributed by atoms with Crippen LogP contribution in [0.1, 0.15) is 25.5 Å². The van der Waals surface area contributed by atoms with Crippen LogP contribution in [0.25, 0.3) is 0 Å². The molecule has 1 aromatic carbocycles. The third-order valence-electron chi connectivity index (χ3n) is 2.35. The van der Waals surface area contributed by atoms with E-state index in [9.17, 15) is 9.90 Å². The van der Waals surface area contributed by atoms with Gasteiger partial charge in [-0.1, -0.05) is 22.0 Å². The summed E-state index contributed by atoms with van der Waals surface area (Å²) in [5.74, 6) is 0.298. The summed E-state index contributed by atoms with van der Waals surface area (Å²) in [5.41, 5.74) is 0.656. The molecular formula is C12H16BrNO3. The molecule has 0 radical (unpaired) electrons. The Labute approximate surface area is 109 Å². The van der Waals surface area contributed by atoms with Crippen molar-refractivity contribution in [3.63, 3.8) is 0 Å². The zero-order chi connectivity index (χ0) is 13.0. The lowest BCUT2D eigenvalue weighted by molar-refractivity contribution is -0.126. The van der Waals surface area contributed by atoms with Crippen LogP contribution in [0.2, 0.25) is 0 Å². The molecule has 0 aliphatic rings. The predicted molar refractivity (Wildman–Crippen MR) is 68.9 cm³/mol. The maximum Gasteiger partial charge on any atom is 0.260 e. The Morgan fingerprint density at radius 3 is 2.65 bits per heavy atom. The second-order valence-electron chi connectivity index (χ2n) is 3.73. The van der Waals surface area contributed by atoms with Crippen LogP contribution in [-0.2, 0) is 4.79 Å². The number of halogens is 1. The molecular weight excluding hydrogens is 286 g/mol. The summed E-state index contributed by atoms with van der Waals surface area (Å²) in [6.07, 6.45) is -1.25. The lowest BCUT2D eigenvalue weighted by Crippen LogP contribution is -2.34. The van der Waals surface area contributed by atoms with E-state index in [1.165, 1.54) is 0 Å². The summed E-state index contributed by atoms with van der Waals surface area (Å²) in [5, 5.41) is 12.1. The number of likely N-dealkylation sites (N-methyl/N-ethyl adjacent to an activating group) is 1. The molecule has 94 valence electrons. The van der Waals surface area contributed by atoms with Crippen LogP contribution in [0.4, 0.5) is 0 Å². The lowest BCUT2D eigenvalue weighted by atomic mass is 10.1. The van der Waals surface area contributed by atoms with Crippen molar-refractivity contribution >= 4 is 21.8 Å². The SMILES string of the molecule is CNC(=O)C(C)Oc1cc(Br)ccc1[C@@H](C)O. The Balaban J connectivity index is 2.96. The molecule has 2 N–H and O–H groups in total. The highest BCUT2D eigenvalue weighted by atomic mass is 79.9. The molecule has 0 aliphatic carbocycles. The Bertz CT molecular complexity index is 407. The Morgan fingerprint density at radius 2 is 2.12 bits per heavy atom. The van der Waals surface area contributed by atoms with Crippen LogP contribution in [0.5, 0.6) is 5.75 Å². The number of amides is 1. The van der Waals surface area contributed by atoms with Crippen molar-refractivity contribution in [2.75, 3.05) is 7.05 Å². The highest BCUT2D eigenvalue weighted by Gasteiger charge is 2.16. The van der Waals surface area contributed by atoms with Gasteiger partial charge in [-0.05, 0) is 26.0 Å². The smallest absolute Gasteiger partial charge is 0.260 e. The van der Waals surface area contributed by atoms with Crippen molar-refractivity contribution in [2.24, 2.45) is 0 Å². The molecule has 1 rings (SSSR count). The van der Waals surface area contributed by atoms with E-state index in [1.54, 1.807) is 33.0 Å². The maximum absolute atomic E-state index is 11.4. The number of ether oxygens (including phenoxy) is 1. The van der Waals surface area contributed by atoms with Gasteiger partial charge in [0.1, 0.15) is 5.75 Å². The lowest BCUT2D eigenvalue weighted by Gasteiger charge is -2.17. The van der Waals surface area contributed by atoms with Crippen LogP contribution in [0.3, 0.4) is 0 Å². The number of benzene rings is 1. The van der Waals surface area contributed by atoms with Crippen molar-refractivity contribution in [1.29, 1.82) is 0 Å². The van der Waals surface area contributed by atoms with Gasteiger partial charge < -0.3 is 15.2 Å². The first-order valence-corrected chi connectivity index (χ1v) is 6.10. The van der Waals surface area contributed by atoms with Gasteiger partial charge in [-0.25, -0.2) is 0 Å². The van der Waals surface area contributed by atoms with E-state index in [2.05, 4.69) is 21.2 Å². The molecule has 0 fully saturated rings. The molecule has 0 bridgehead atoms. The molecule has 0 spiro atoms. The quantitative estimate of drug-likeness (QED) is 0.894. The standard InChI is InChI=1S/C12H16BrNO3/c1-7(15)10-5-4-9(13)6-11(10)17-8(2)12(16)14-3/h4-8,15H,1-3H3,(H,14,16)/t7-,8?/m1/s1. The zero-order valence-electron chi connectivity index (χ0n) is 10.0. The van der Waals surface area contributed by atoms with Gasteiger partial charge in [-0.15, -0.1) is 0 Å². The summed E-state index contributed by atoms with van der Waals surface area (Å²) in [4.78, 5) is 11.4. The molecule has 1 amide bonds. The number of aliphatic hydroxyl groups is 1. The second-order valence-corrected chi connectivity index (χ2v) is 4.65. The number of rotatable bonds is 4. The number of hydrogen-bond acceptors (Lipinski definition) is 3. The van der Waals surface area contributed by atoms with Crippen LogP contribution < -0.4 is 10.1 Å². The largest absolute Gasteiger partial charge is 0.480 e. The molecule has 0 heterocycles. The molecule has 2 atom stereocenters. The van der Waals surface area contributed by atoms with Crippen molar-refractivity contribution in [3.05, 3.63) is 28.2 Å². The van der Waals surface area contributed by atoms with Crippen LogP contribution in [0.15, 0.2) is 22.7 Å². The Hall–Kier alpha value is -1.07. The highest BCUT2D eigenvalue weighted by Crippen LogP contribution is 2.29. The van der Waals surface area contributed by atoms with E-state index in [4.69, 9.17) is 4.74 Å². The fraction of sp³-hybridized carbons (Fsp3) is 0.417. The number of carbonyl (C=O) groups excluding carboxylic acids is 1. The topological polar surface area (TPSA) is 58.6 Å². The van der Waals surface area contributed by atoms with E-state index >= 15 is 0 Å². The minimum atomic E-state index is -0.644. The maximum atomic E-state index is 11.4. The first-order chi connectivity index (χ1) is 7.95. The zero-order valence-corrected chi connectivity index (χ0v) is 11.6. The minimum absolute atomic E-state index is 0.207. The third-order valence-corrected chi connectivity index (χ3v) is 2.84. The molecule has 0 saturated carbocycles. The van der Waals surface area contributed by atoms with Crippen molar-refractivity contribution in [3.8, 4) is 5.75 Å². The van der Waals surface area contributed by atoms with Crippen molar-refractivity contribution in [1.82, 2.24) is 5.32 Å². The fourth-order valence-electron chi connectivity index (χ4n) is 1.40. The third kappa shape index (κ3) is 3.71. The first kappa shape index (κ1) is 14.0. The van der Waals surface area contributed by atoms with Gasteiger partial charge in [-0.2, -0.15) is 0 Å². The van der Waals surface area contributed by atoms with E-state index in [0.29, 0.717) is 11.3 Å². The van der Waals surface area contributed by atoms with E-state index in [-0.39, 0.29) is 5.91 Å². The molecule has 0 aliphatic heterocycles. The summed E-state index contributed by atoms with van der Waals surface area (Å²) in [6.45, 7) is 3.31. The van der Waals surface area contributed by atoms with E-state index in [1.807, 2.05) is 6.07 Å². The van der Waals surface area contributed by atoms with Gasteiger partial charge in [0.25, 0.3) is 5.91 Å². The first-order valence-electron chi connectivity index (χ1n) is 5.31. The van der Waals surface area contributed by atoms with Gasteiger partial charge in [0.15, 0.2) is 6.10 Å². The monoisotopic (exact) mass is 301 g/mol. The molecule has 1 unspecified atom stereocenters. The predicted octanol–water partition coefficient (Wildman–Crippen LogP) is 2.02. The van der Waals surface area contributed by atoms with Crippen LogP contribution in [0, 0.1) is 0 Å². The molecule has 1 aromatic rings. The van der Waals surface area contributed by atoms with E-state index < -0.39 is 12.2 Å². The van der Waals surface area contributed by atoms with Crippen LogP contribution >= 0.6 is 15.9 Å². The number of aliphatic hydroxyl groups excluding tert-OH is 1. The molecule has 0 aromatic heterocycles. The summed E-state index contributed by atoms with van der Waals surface area (Å²) in [7, 11) is 1.55. The molecule has 5 heteroatoms. The van der Waals surface area contributed by atoms with Crippen LogP contribution in [-0.4, -0.2) is 24.2 Å². The number of carbonyl (C=O) groups is 1. The molecule has 4 nitrogen and oxygen atoms in total. The van der Waals surface area contributed by atoms with Gasteiger partial charge in [0.2, 0.25) is 0 Å². The van der Waals surface area contributed by atoms with Gasteiger partial charge >= 0.3 is 0 Å². The average molecular weight is 302 g/mol. The number of hydrogen-bond donors (Lipinski definition) is 2. The number of nitrogens with one attached hydrogen (secondary N) is 1. The normalized spacial score (nSPS) is 13.9. The highest BCUT2D eigenvalue weighted by molar-refractivity contribution is 9.10. The fourth-order valence-corrected chi connectivity index (χ4v) is 1.74. The van der Waals surface area contributed by atoms with Gasteiger partial charge in [0, 0.05) is 17.1 Å². The van der Waals surface area contributed by atoms with E-state index in [0.717, 1.165) is 4.47 Å². The Kier molecular flexibility index (Phi) is 4.96. The summed E-state index contributed by atoms with van der Waals surface area (Å²) >= 11 is 3.33. The van der Waals surface area contributed by atoms with Gasteiger partial charge in [0.05, 0.1) is 6.10 Å². The summed E-state index contributed by atoms with van der Waals surface area (Å²) in [6, 6.07) is 5.32. The van der Waals surface area contributed by atoms with Crippen molar-refractivity contribution < 1.29 is 14.6 Å². The van der Waals surface area contributed by atoms with Gasteiger partial charge in [-0.3, -0.25) is 4.79 Å². The summed E-state index contributed by atoms with van der Waals surface area (Å²) < 4.78 is 6.37.